The van der Waals surface area contributed by atoms with E-state index in [9.17, 15) is 27.6 Å². The molecule has 1 aliphatic carbocycles. The van der Waals surface area contributed by atoms with Crippen molar-refractivity contribution in [1.82, 2.24) is 9.55 Å². The van der Waals surface area contributed by atoms with Crippen LogP contribution in [0.4, 0.5) is 19.1 Å². The number of aromatic nitrogens is 2. The third-order valence-electron chi connectivity index (χ3n) is 6.24. The Morgan fingerprint density at radius 1 is 1.17 bits per heavy atom. The van der Waals surface area contributed by atoms with E-state index in [0.717, 1.165) is 37.0 Å². The second-order valence-corrected chi connectivity index (χ2v) is 8.83. The van der Waals surface area contributed by atoms with Crippen molar-refractivity contribution in [3.8, 4) is 0 Å². The maximum atomic E-state index is 13.1. The molecule has 4 rings (SSSR count). The van der Waals surface area contributed by atoms with E-state index in [0.29, 0.717) is 30.4 Å². The first kappa shape index (κ1) is 25.4. The van der Waals surface area contributed by atoms with Gasteiger partial charge in [0.25, 0.3) is 5.91 Å². The summed E-state index contributed by atoms with van der Waals surface area (Å²) in [4.78, 5) is 40.9. The van der Waals surface area contributed by atoms with Crippen LogP contribution in [0.25, 0.3) is 11.0 Å². The molecule has 2 aromatic carbocycles. The molecule has 1 aromatic heterocycles. The zero-order chi connectivity index (χ0) is 25.9. The normalized spacial score (nSPS) is 16.2. The van der Waals surface area contributed by atoms with Crippen LogP contribution in [0, 0.1) is 0 Å². The number of anilines is 1. The second kappa shape index (κ2) is 10.5. The molecule has 1 unspecified atom stereocenters. The maximum absolute atomic E-state index is 13.1. The molecular formula is C26H26F3N3O4. The van der Waals surface area contributed by atoms with Crippen LogP contribution >= 0.6 is 0 Å². The monoisotopic (exact) mass is 501 g/mol. The van der Waals surface area contributed by atoms with Gasteiger partial charge in [-0.2, -0.15) is 13.2 Å². The first-order valence-corrected chi connectivity index (χ1v) is 11.8. The number of esters is 1. The Balaban J connectivity index is 1.65. The van der Waals surface area contributed by atoms with Gasteiger partial charge in [-0.25, -0.2) is 4.98 Å². The topological polar surface area (TPSA) is 90.3 Å². The summed E-state index contributed by atoms with van der Waals surface area (Å²) < 4.78 is 46.0. The fourth-order valence-corrected chi connectivity index (χ4v) is 4.47. The summed E-state index contributed by atoms with van der Waals surface area (Å²) in [5.41, 5.74) is 1.01. The van der Waals surface area contributed by atoms with Crippen LogP contribution in [0.2, 0.25) is 0 Å². The van der Waals surface area contributed by atoms with E-state index in [2.05, 4.69) is 10.3 Å². The number of carbonyl (C=O) groups is 3. The molecule has 3 aromatic rings. The number of ketones is 1. The van der Waals surface area contributed by atoms with Crippen LogP contribution in [0.5, 0.6) is 0 Å². The van der Waals surface area contributed by atoms with Gasteiger partial charge in [0, 0.05) is 31.4 Å². The van der Waals surface area contributed by atoms with E-state index in [4.69, 9.17) is 4.74 Å². The maximum Gasteiger partial charge on any atom is 0.416 e. The minimum atomic E-state index is -4.58. The van der Waals surface area contributed by atoms with Crippen molar-refractivity contribution in [2.45, 2.75) is 57.7 Å². The predicted molar refractivity (Wildman–Crippen MR) is 127 cm³/mol. The third-order valence-corrected chi connectivity index (χ3v) is 6.24. The quantitative estimate of drug-likeness (QED) is 0.342. The van der Waals surface area contributed by atoms with Crippen molar-refractivity contribution in [3.63, 3.8) is 0 Å². The summed E-state index contributed by atoms with van der Waals surface area (Å²) in [5.74, 6) is -0.993. The summed E-state index contributed by atoms with van der Waals surface area (Å²) in [7, 11) is 0. The molecule has 7 nitrogen and oxygen atoms in total. The second-order valence-electron chi connectivity index (χ2n) is 8.83. The molecule has 0 radical (unpaired) electrons. The highest BCUT2D eigenvalue weighted by molar-refractivity contribution is 6.04. The van der Waals surface area contributed by atoms with Crippen molar-refractivity contribution in [2.75, 3.05) is 11.9 Å². The van der Waals surface area contributed by atoms with E-state index < -0.39 is 23.6 Å². The molecule has 190 valence electrons. The number of alkyl halides is 3. The van der Waals surface area contributed by atoms with Crippen molar-refractivity contribution in [1.29, 1.82) is 0 Å². The van der Waals surface area contributed by atoms with E-state index in [1.165, 1.54) is 19.1 Å². The number of nitrogens with zero attached hydrogens (tertiary/aromatic N) is 2. The Morgan fingerprint density at radius 2 is 1.97 bits per heavy atom. The van der Waals surface area contributed by atoms with Gasteiger partial charge < -0.3 is 9.30 Å². The largest absolute Gasteiger partial charge is 0.466 e. The number of amides is 1. The van der Waals surface area contributed by atoms with Crippen molar-refractivity contribution in [3.05, 3.63) is 59.2 Å². The molecule has 0 saturated heterocycles. The first-order chi connectivity index (χ1) is 17.1. The lowest BCUT2D eigenvalue weighted by molar-refractivity contribution is -0.141. The van der Waals surface area contributed by atoms with Crippen LogP contribution in [-0.2, 0) is 27.0 Å². The summed E-state index contributed by atoms with van der Waals surface area (Å²) in [6.45, 7) is 1.80. The lowest BCUT2D eigenvalue weighted by Crippen LogP contribution is -2.17. The number of carbonyl (C=O) groups excluding carboxylic acids is 3. The lowest BCUT2D eigenvalue weighted by atomic mass is 9.83. The van der Waals surface area contributed by atoms with Crippen molar-refractivity contribution < 1.29 is 32.3 Å². The standard InChI is InChI=1S/C26H26F3N3O4/c1-16(33)36-13-5-12-32-22-11-10-17(20-8-2-3-9-23(20)34)15-21(22)30-25(32)31-24(35)18-6-4-7-19(14-18)26(27,28)29/h4,6-7,10-11,14-15,20H,2-3,5,8-9,12-13H2,1H3,(H,30,31,35). The molecule has 0 spiro atoms. The van der Waals surface area contributed by atoms with Crippen LogP contribution in [0.15, 0.2) is 42.5 Å². The molecular weight excluding hydrogens is 475 g/mol. The Labute approximate surface area is 205 Å². The molecule has 1 amide bonds. The Morgan fingerprint density at radius 3 is 2.69 bits per heavy atom. The number of nitrogens with one attached hydrogen (secondary N) is 1. The molecule has 36 heavy (non-hydrogen) atoms. The molecule has 1 aliphatic rings. The first-order valence-electron chi connectivity index (χ1n) is 11.8. The average molecular weight is 502 g/mol. The zero-order valence-corrected chi connectivity index (χ0v) is 19.7. The van der Waals surface area contributed by atoms with Gasteiger partial charge in [-0.05, 0) is 55.2 Å². The number of Topliss-reactive ketones (excluding diaryl/α,β-unsaturated/α-hetero) is 1. The van der Waals surface area contributed by atoms with E-state index in [1.54, 1.807) is 4.57 Å². The Bertz CT molecular complexity index is 1300. The summed E-state index contributed by atoms with van der Waals surface area (Å²) in [6.07, 6.45) is -0.969. The summed E-state index contributed by atoms with van der Waals surface area (Å²) in [6, 6.07) is 9.68. The predicted octanol–water partition coefficient (Wildman–Crippen LogP) is 5.49. The Hall–Kier alpha value is -3.69. The number of hydrogen-bond acceptors (Lipinski definition) is 5. The van der Waals surface area contributed by atoms with E-state index >= 15 is 0 Å². The highest BCUT2D eigenvalue weighted by Crippen LogP contribution is 2.33. The van der Waals surface area contributed by atoms with Crippen LogP contribution in [0.1, 0.15) is 66.4 Å². The fraction of sp³-hybridized carbons (Fsp3) is 0.385. The van der Waals surface area contributed by atoms with Gasteiger partial charge in [0.2, 0.25) is 5.95 Å². The number of benzene rings is 2. The molecule has 10 heteroatoms. The number of fused-ring (bicyclic) bond motifs is 1. The molecule has 0 bridgehead atoms. The lowest BCUT2D eigenvalue weighted by Gasteiger charge is -2.20. The highest BCUT2D eigenvalue weighted by atomic mass is 19.4. The smallest absolute Gasteiger partial charge is 0.416 e. The van der Waals surface area contributed by atoms with Gasteiger partial charge >= 0.3 is 12.1 Å². The molecule has 0 aliphatic heterocycles. The number of halogens is 3. The molecule has 1 N–H and O–H groups in total. The highest BCUT2D eigenvalue weighted by Gasteiger charge is 2.31. The number of hydrogen-bond donors (Lipinski definition) is 1. The summed E-state index contributed by atoms with van der Waals surface area (Å²) >= 11 is 0. The van der Waals surface area contributed by atoms with Crippen LogP contribution in [0.3, 0.4) is 0 Å². The number of rotatable bonds is 7. The van der Waals surface area contributed by atoms with Gasteiger partial charge in [-0.1, -0.05) is 18.6 Å². The summed E-state index contributed by atoms with van der Waals surface area (Å²) in [5, 5.41) is 2.62. The fourth-order valence-electron chi connectivity index (χ4n) is 4.47. The molecule has 1 fully saturated rings. The number of ether oxygens (including phenoxy) is 1. The third kappa shape index (κ3) is 5.75. The Kier molecular flexibility index (Phi) is 7.42. The molecule has 1 saturated carbocycles. The average Bonchev–Trinajstić information content (AvgIpc) is 3.17. The molecule has 1 atom stereocenters. The van der Waals surface area contributed by atoms with Crippen LogP contribution in [-0.4, -0.2) is 33.8 Å². The van der Waals surface area contributed by atoms with Crippen LogP contribution < -0.4 is 5.32 Å². The van der Waals surface area contributed by atoms with Crippen molar-refractivity contribution in [2.24, 2.45) is 0 Å². The minimum absolute atomic E-state index is 0.155. The van der Waals surface area contributed by atoms with Gasteiger partial charge in [0.1, 0.15) is 5.78 Å². The van der Waals surface area contributed by atoms with E-state index in [1.807, 2.05) is 18.2 Å². The van der Waals surface area contributed by atoms with E-state index in [-0.39, 0.29) is 29.8 Å². The van der Waals surface area contributed by atoms with Crippen molar-refractivity contribution >= 4 is 34.6 Å². The molecule has 1 heterocycles. The SMILES string of the molecule is CC(=O)OCCCn1c(NC(=O)c2cccc(C(F)(F)F)c2)nc2cc(C3CCCCC3=O)ccc21. The van der Waals surface area contributed by atoms with Gasteiger partial charge in [0.15, 0.2) is 0 Å². The number of imidazole rings is 1. The minimum Gasteiger partial charge on any atom is -0.466 e. The van der Waals surface area contributed by atoms with Gasteiger partial charge in [0.05, 0.1) is 23.2 Å². The zero-order valence-electron chi connectivity index (χ0n) is 19.7. The van der Waals surface area contributed by atoms with Gasteiger partial charge in [-0.3, -0.25) is 19.7 Å². The van der Waals surface area contributed by atoms with Gasteiger partial charge in [-0.15, -0.1) is 0 Å². The number of aryl methyl sites for hydroxylation is 1.